The molecule has 162 valence electrons. The predicted octanol–water partition coefficient (Wildman–Crippen LogP) is 6.84. The second kappa shape index (κ2) is 7.01. The Balaban J connectivity index is 1.85. The van der Waals surface area contributed by atoms with Crippen molar-refractivity contribution < 1.29 is 13.4 Å². The summed E-state index contributed by atoms with van der Waals surface area (Å²) in [7, 11) is 0.736. The molecule has 32 heavy (non-hydrogen) atoms. The smallest absolute Gasteiger partial charge is 0.216 e. The van der Waals surface area contributed by atoms with Gasteiger partial charge in [0.05, 0.1) is 13.6 Å². The molecule has 3 aromatic carbocycles. The van der Waals surface area contributed by atoms with E-state index in [4.69, 9.17) is 4.42 Å². The first-order chi connectivity index (χ1) is 15.1. The van der Waals surface area contributed by atoms with Crippen molar-refractivity contribution in [1.29, 1.82) is 0 Å². The molecule has 0 bridgehead atoms. The van der Waals surface area contributed by atoms with Gasteiger partial charge in [0, 0.05) is 33.9 Å². The van der Waals surface area contributed by atoms with Crippen molar-refractivity contribution in [1.82, 2.24) is 0 Å². The molecule has 0 fully saturated rings. The van der Waals surface area contributed by atoms with Crippen LogP contribution in [-0.2, 0) is 7.05 Å². The zero-order valence-corrected chi connectivity index (χ0v) is 20.9. The molecule has 0 amide bonds. The number of pyridine rings is 1. The van der Waals surface area contributed by atoms with Crippen LogP contribution >= 0.6 is 0 Å². The van der Waals surface area contributed by atoms with Crippen LogP contribution in [0.25, 0.3) is 44.1 Å². The minimum atomic E-state index is -1.38. The maximum Gasteiger partial charge on any atom is 0.216 e. The van der Waals surface area contributed by atoms with Crippen molar-refractivity contribution in [2.24, 2.45) is 7.05 Å². The Labute approximate surface area is 189 Å². The van der Waals surface area contributed by atoms with Gasteiger partial charge < -0.3 is 4.42 Å². The minimum Gasteiger partial charge on any atom is -0.455 e. The monoisotopic (exact) mass is 442 g/mol. The van der Waals surface area contributed by atoms with Gasteiger partial charge in [-0.05, 0) is 62.2 Å². The highest BCUT2D eigenvalue weighted by Crippen LogP contribution is 2.40. The molecule has 0 aliphatic rings. The molecule has 0 atom stereocenters. The first-order valence-corrected chi connectivity index (χ1v) is 14.6. The number of rotatable bonds is 2. The number of furan rings is 1. The van der Waals surface area contributed by atoms with Crippen molar-refractivity contribution in [3.63, 3.8) is 0 Å². The quantitative estimate of drug-likeness (QED) is 0.216. The van der Waals surface area contributed by atoms with E-state index in [0.29, 0.717) is 11.1 Å². The van der Waals surface area contributed by atoms with Gasteiger partial charge in [-0.2, -0.15) is 4.57 Å². The van der Waals surface area contributed by atoms with Gasteiger partial charge in [-0.15, -0.1) is 0 Å². The van der Waals surface area contributed by atoms with Gasteiger partial charge in [-0.3, -0.25) is 0 Å². The average Bonchev–Trinajstić information content (AvgIpc) is 3.10. The van der Waals surface area contributed by atoms with E-state index in [0.717, 1.165) is 27.6 Å². The molecule has 5 aromatic rings. The molecule has 2 nitrogen and oxygen atoms in total. The van der Waals surface area contributed by atoms with E-state index >= 15 is 0 Å². The normalized spacial score (nSPS) is 12.4. The summed E-state index contributed by atoms with van der Waals surface area (Å²) in [5, 5.41) is 4.71. The molecule has 0 aliphatic carbocycles. The molecule has 0 radical (unpaired) electrons. The molecule has 0 saturated heterocycles. The van der Waals surface area contributed by atoms with Gasteiger partial charge >= 0.3 is 0 Å². The fourth-order valence-corrected chi connectivity index (χ4v) is 5.91. The standard InChI is InChI=1S/C28H29FNOSi/c1-16-14-22-21-10-11-23(29)18(3)27(21)31-28(22)26(17(16)2)25-12-8-19-15-20(32(5,6)7)9-13-24(19)30(25)4/h8-15H,1-7H3/q+1. The van der Waals surface area contributed by atoms with Crippen LogP contribution in [0.5, 0.6) is 0 Å². The first-order valence-electron chi connectivity index (χ1n) is 11.1. The Hall–Kier alpha value is -2.98. The molecule has 4 heteroatoms. The molecule has 0 aliphatic heterocycles. The number of aryl methyl sites for hydroxylation is 3. The van der Waals surface area contributed by atoms with Crippen LogP contribution in [0.2, 0.25) is 19.6 Å². The van der Waals surface area contributed by atoms with Gasteiger partial charge in [-0.1, -0.05) is 30.9 Å². The van der Waals surface area contributed by atoms with Crippen LogP contribution in [0, 0.1) is 26.6 Å². The lowest BCUT2D eigenvalue weighted by Crippen LogP contribution is -2.38. The fourth-order valence-electron chi connectivity index (χ4n) is 4.74. The molecular weight excluding hydrogens is 413 g/mol. The summed E-state index contributed by atoms with van der Waals surface area (Å²) < 4.78 is 22.9. The van der Waals surface area contributed by atoms with E-state index in [-0.39, 0.29) is 5.82 Å². The van der Waals surface area contributed by atoms with E-state index in [1.165, 1.54) is 33.3 Å². The lowest BCUT2D eigenvalue weighted by Gasteiger charge is -2.17. The summed E-state index contributed by atoms with van der Waals surface area (Å²) in [6, 6.07) is 16.8. The maximum absolute atomic E-state index is 14.3. The third kappa shape index (κ3) is 3.00. The third-order valence-corrected chi connectivity index (χ3v) is 8.97. The van der Waals surface area contributed by atoms with Crippen molar-refractivity contribution in [2.45, 2.75) is 40.4 Å². The highest BCUT2D eigenvalue weighted by Gasteiger charge is 2.25. The fraction of sp³-hybridized carbons (Fsp3) is 0.250. The lowest BCUT2D eigenvalue weighted by atomic mass is 9.95. The second-order valence-electron chi connectivity index (χ2n) is 10.0. The Bertz CT molecular complexity index is 1560. The molecule has 0 saturated carbocycles. The van der Waals surface area contributed by atoms with Crippen molar-refractivity contribution in [3.05, 3.63) is 71.0 Å². The van der Waals surface area contributed by atoms with Crippen LogP contribution in [0.1, 0.15) is 16.7 Å². The van der Waals surface area contributed by atoms with Crippen LogP contribution < -0.4 is 9.75 Å². The Morgan fingerprint density at radius 3 is 2.28 bits per heavy atom. The topological polar surface area (TPSA) is 17.0 Å². The van der Waals surface area contributed by atoms with Crippen LogP contribution in [0.4, 0.5) is 4.39 Å². The SMILES string of the molecule is Cc1cc2c(oc3c(C)c(F)ccc32)c(-c2ccc3cc([Si](C)(C)C)ccc3[n+]2C)c1C. The first kappa shape index (κ1) is 20.9. The van der Waals surface area contributed by atoms with Gasteiger partial charge in [0.25, 0.3) is 0 Å². The van der Waals surface area contributed by atoms with E-state index in [2.05, 4.69) is 81.5 Å². The summed E-state index contributed by atoms with van der Waals surface area (Å²) in [6.45, 7) is 13.2. The summed E-state index contributed by atoms with van der Waals surface area (Å²) in [4.78, 5) is 0. The van der Waals surface area contributed by atoms with Crippen LogP contribution in [-0.4, -0.2) is 8.07 Å². The highest BCUT2D eigenvalue weighted by molar-refractivity contribution is 6.88. The predicted molar refractivity (Wildman–Crippen MR) is 135 cm³/mol. The van der Waals surface area contributed by atoms with Gasteiger partial charge in [-0.25, -0.2) is 4.39 Å². The minimum absolute atomic E-state index is 0.235. The average molecular weight is 443 g/mol. The number of aromatic nitrogens is 1. The summed E-state index contributed by atoms with van der Waals surface area (Å²) in [6.07, 6.45) is 0. The molecule has 2 aromatic heterocycles. The number of hydrogen-bond donors (Lipinski definition) is 0. The van der Waals surface area contributed by atoms with Crippen LogP contribution in [0.3, 0.4) is 0 Å². The summed E-state index contributed by atoms with van der Waals surface area (Å²) in [5.41, 5.74) is 7.77. The number of fused-ring (bicyclic) bond motifs is 4. The van der Waals surface area contributed by atoms with Crippen molar-refractivity contribution in [3.8, 4) is 11.3 Å². The maximum atomic E-state index is 14.3. The number of hydrogen-bond acceptors (Lipinski definition) is 1. The van der Waals surface area contributed by atoms with Crippen LogP contribution in [0.15, 0.2) is 52.9 Å². The molecule has 0 spiro atoms. The molecule has 5 rings (SSSR count). The van der Waals surface area contributed by atoms with E-state index in [1.54, 1.807) is 6.92 Å². The van der Waals surface area contributed by atoms with E-state index < -0.39 is 8.07 Å². The zero-order valence-electron chi connectivity index (χ0n) is 19.9. The van der Waals surface area contributed by atoms with Crippen molar-refractivity contribution in [2.75, 3.05) is 0 Å². The number of benzene rings is 3. The summed E-state index contributed by atoms with van der Waals surface area (Å²) in [5.74, 6) is -0.235. The Kier molecular flexibility index (Phi) is 4.58. The highest BCUT2D eigenvalue weighted by atomic mass is 28.3. The van der Waals surface area contributed by atoms with Crippen molar-refractivity contribution >= 4 is 46.1 Å². The molecule has 0 N–H and O–H groups in total. The largest absolute Gasteiger partial charge is 0.455 e. The summed E-state index contributed by atoms with van der Waals surface area (Å²) >= 11 is 0. The molecule has 0 unspecified atom stereocenters. The number of nitrogens with zero attached hydrogens (tertiary/aromatic N) is 1. The Morgan fingerprint density at radius 2 is 1.56 bits per heavy atom. The number of halogens is 1. The molecular formula is C28H29FNOSi+. The molecule has 2 heterocycles. The van der Waals surface area contributed by atoms with Gasteiger partial charge in [0.15, 0.2) is 0 Å². The second-order valence-corrected chi connectivity index (χ2v) is 15.1. The van der Waals surface area contributed by atoms with Gasteiger partial charge in [0.1, 0.15) is 24.0 Å². The zero-order chi connectivity index (χ0) is 22.9. The third-order valence-electron chi connectivity index (χ3n) is 6.93. The Morgan fingerprint density at radius 1 is 0.812 bits per heavy atom. The lowest BCUT2D eigenvalue weighted by molar-refractivity contribution is -0.633. The van der Waals surface area contributed by atoms with E-state index in [9.17, 15) is 4.39 Å². The van der Waals surface area contributed by atoms with E-state index in [1.807, 2.05) is 6.07 Å². The van der Waals surface area contributed by atoms with Gasteiger partial charge in [0.2, 0.25) is 11.2 Å².